The molecule has 4 nitrogen and oxygen atoms in total. The Hall–Kier alpha value is -0.610. The maximum Gasteiger partial charge on any atom is 0.225 e. The standard InChI is InChI=1S/C14H24N2O2/c1-2-13-12-8-15-7-10(12)9-16(13)14(17)6-11-4-3-5-18-11/h10-13,15H,2-9H2,1H3. The molecule has 3 fully saturated rings. The van der Waals surface area contributed by atoms with Crippen LogP contribution in [0.4, 0.5) is 0 Å². The summed E-state index contributed by atoms with van der Waals surface area (Å²) in [6.45, 7) is 6.18. The first-order valence-corrected chi connectivity index (χ1v) is 7.41. The molecule has 18 heavy (non-hydrogen) atoms. The largest absolute Gasteiger partial charge is 0.378 e. The van der Waals surface area contributed by atoms with Crippen LogP contribution in [0.3, 0.4) is 0 Å². The third-order valence-corrected chi connectivity index (χ3v) is 4.88. The van der Waals surface area contributed by atoms with E-state index in [9.17, 15) is 4.79 Å². The molecule has 0 bridgehead atoms. The molecule has 0 saturated carbocycles. The molecule has 0 aliphatic carbocycles. The van der Waals surface area contributed by atoms with Gasteiger partial charge in [0, 0.05) is 32.3 Å². The predicted octanol–water partition coefficient (Wildman–Crippen LogP) is 1.01. The van der Waals surface area contributed by atoms with Gasteiger partial charge in [-0.1, -0.05) is 6.92 Å². The van der Waals surface area contributed by atoms with Crippen molar-refractivity contribution in [2.45, 2.75) is 44.8 Å². The highest BCUT2D eigenvalue weighted by molar-refractivity contribution is 5.77. The molecule has 4 heteroatoms. The number of likely N-dealkylation sites (tertiary alicyclic amines) is 1. The van der Waals surface area contributed by atoms with Crippen LogP contribution in [0.5, 0.6) is 0 Å². The van der Waals surface area contributed by atoms with Crippen LogP contribution in [0, 0.1) is 11.8 Å². The van der Waals surface area contributed by atoms with Crippen LogP contribution in [0.1, 0.15) is 32.6 Å². The lowest BCUT2D eigenvalue weighted by Crippen LogP contribution is -2.40. The van der Waals surface area contributed by atoms with Gasteiger partial charge in [0.15, 0.2) is 0 Å². The number of rotatable bonds is 3. The van der Waals surface area contributed by atoms with Crippen LogP contribution in [0.2, 0.25) is 0 Å². The zero-order chi connectivity index (χ0) is 12.5. The number of hydrogen-bond donors (Lipinski definition) is 1. The van der Waals surface area contributed by atoms with Crippen LogP contribution in [-0.2, 0) is 9.53 Å². The minimum atomic E-state index is 0.188. The SMILES string of the molecule is CCC1C2CNCC2CN1C(=O)CC1CCCO1. The van der Waals surface area contributed by atoms with Gasteiger partial charge in [0.25, 0.3) is 0 Å². The van der Waals surface area contributed by atoms with Gasteiger partial charge in [0.2, 0.25) is 5.91 Å². The van der Waals surface area contributed by atoms with Gasteiger partial charge in [-0.25, -0.2) is 0 Å². The summed E-state index contributed by atoms with van der Waals surface area (Å²) in [5, 5.41) is 3.46. The summed E-state index contributed by atoms with van der Waals surface area (Å²) in [5.41, 5.74) is 0. The fourth-order valence-electron chi connectivity index (χ4n) is 3.95. The monoisotopic (exact) mass is 252 g/mol. The first-order chi connectivity index (χ1) is 8.79. The van der Waals surface area contributed by atoms with Gasteiger partial charge in [0.1, 0.15) is 0 Å². The van der Waals surface area contributed by atoms with E-state index < -0.39 is 0 Å². The van der Waals surface area contributed by atoms with E-state index in [-0.39, 0.29) is 6.10 Å². The summed E-state index contributed by atoms with van der Waals surface area (Å²) >= 11 is 0. The molecule has 0 aromatic heterocycles. The van der Waals surface area contributed by atoms with E-state index in [4.69, 9.17) is 4.74 Å². The number of hydrogen-bond acceptors (Lipinski definition) is 3. The lowest BCUT2D eigenvalue weighted by atomic mass is 9.93. The van der Waals surface area contributed by atoms with E-state index in [2.05, 4.69) is 17.1 Å². The quantitative estimate of drug-likeness (QED) is 0.815. The maximum absolute atomic E-state index is 12.4. The maximum atomic E-state index is 12.4. The minimum Gasteiger partial charge on any atom is -0.378 e. The van der Waals surface area contributed by atoms with E-state index in [1.165, 1.54) is 0 Å². The first kappa shape index (κ1) is 12.4. The van der Waals surface area contributed by atoms with Gasteiger partial charge in [-0.15, -0.1) is 0 Å². The Kier molecular flexibility index (Phi) is 3.57. The molecular formula is C14H24N2O2. The molecule has 4 atom stereocenters. The van der Waals surface area contributed by atoms with Crippen molar-refractivity contribution in [3.63, 3.8) is 0 Å². The van der Waals surface area contributed by atoms with E-state index in [1.807, 2.05) is 0 Å². The van der Waals surface area contributed by atoms with Gasteiger partial charge in [-0.05, 0) is 31.1 Å². The molecule has 1 N–H and O–H groups in total. The second-order valence-corrected chi connectivity index (χ2v) is 5.94. The normalized spacial score (nSPS) is 39.3. The third-order valence-electron chi connectivity index (χ3n) is 4.88. The molecule has 0 aromatic carbocycles. The molecule has 0 radical (unpaired) electrons. The number of carbonyl (C=O) groups is 1. The number of carbonyl (C=O) groups excluding carboxylic acids is 1. The van der Waals surface area contributed by atoms with Crippen molar-refractivity contribution in [3.05, 3.63) is 0 Å². The first-order valence-electron chi connectivity index (χ1n) is 7.41. The summed E-state index contributed by atoms with van der Waals surface area (Å²) in [5.74, 6) is 1.69. The molecule has 3 aliphatic rings. The summed E-state index contributed by atoms with van der Waals surface area (Å²) in [4.78, 5) is 14.6. The molecule has 102 valence electrons. The van der Waals surface area contributed by atoms with Crippen molar-refractivity contribution in [1.29, 1.82) is 0 Å². The van der Waals surface area contributed by atoms with Gasteiger partial charge in [-0.3, -0.25) is 4.79 Å². The van der Waals surface area contributed by atoms with E-state index in [1.54, 1.807) is 0 Å². The Morgan fingerprint density at radius 1 is 1.44 bits per heavy atom. The Labute approximate surface area is 109 Å². The molecular weight excluding hydrogens is 228 g/mol. The van der Waals surface area contributed by atoms with Gasteiger partial charge in [0.05, 0.1) is 12.5 Å². The molecule has 3 heterocycles. The van der Waals surface area contributed by atoms with Crippen molar-refractivity contribution in [1.82, 2.24) is 10.2 Å². The third kappa shape index (κ3) is 2.16. The Bertz CT molecular complexity index is 315. The summed E-state index contributed by atoms with van der Waals surface area (Å²) in [6.07, 6.45) is 4.05. The molecule has 3 rings (SSSR count). The predicted molar refractivity (Wildman–Crippen MR) is 69.2 cm³/mol. The minimum absolute atomic E-state index is 0.188. The number of nitrogens with one attached hydrogen (secondary N) is 1. The summed E-state index contributed by atoms with van der Waals surface area (Å²) in [6, 6.07) is 0.457. The number of ether oxygens (including phenoxy) is 1. The molecule has 1 amide bonds. The van der Waals surface area contributed by atoms with Crippen molar-refractivity contribution in [3.8, 4) is 0 Å². The molecule has 3 saturated heterocycles. The Balaban J connectivity index is 1.62. The van der Waals surface area contributed by atoms with Crippen LogP contribution in [-0.4, -0.2) is 49.2 Å². The Morgan fingerprint density at radius 2 is 2.33 bits per heavy atom. The zero-order valence-corrected chi connectivity index (χ0v) is 11.2. The topological polar surface area (TPSA) is 41.6 Å². The lowest BCUT2D eigenvalue weighted by Gasteiger charge is -2.27. The van der Waals surface area contributed by atoms with Gasteiger partial charge < -0.3 is 15.0 Å². The van der Waals surface area contributed by atoms with Crippen LogP contribution >= 0.6 is 0 Å². The van der Waals surface area contributed by atoms with Gasteiger partial charge in [-0.2, -0.15) is 0 Å². The highest BCUT2D eigenvalue weighted by Crippen LogP contribution is 2.35. The highest BCUT2D eigenvalue weighted by atomic mass is 16.5. The fraction of sp³-hybridized carbons (Fsp3) is 0.929. The molecule has 3 aliphatic heterocycles. The number of amides is 1. The van der Waals surface area contributed by atoms with Crippen molar-refractivity contribution in [2.75, 3.05) is 26.2 Å². The van der Waals surface area contributed by atoms with E-state index >= 15 is 0 Å². The highest BCUT2D eigenvalue weighted by Gasteiger charge is 2.45. The average molecular weight is 252 g/mol. The Morgan fingerprint density at radius 3 is 3.06 bits per heavy atom. The second-order valence-electron chi connectivity index (χ2n) is 5.94. The van der Waals surface area contributed by atoms with E-state index in [0.717, 1.165) is 45.5 Å². The summed E-state index contributed by atoms with van der Waals surface area (Å²) in [7, 11) is 0. The van der Waals surface area contributed by atoms with Crippen molar-refractivity contribution in [2.24, 2.45) is 11.8 Å². The summed E-state index contributed by atoms with van der Waals surface area (Å²) < 4.78 is 5.59. The van der Waals surface area contributed by atoms with Crippen LogP contribution < -0.4 is 5.32 Å². The lowest BCUT2D eigenvalue weighted by molar-refractivity contribution is -0.134. The van der Waals surface area contributed by atoms with Crippen molar-refractivity contribution >= 4 is 5.91 Å². The zero-order valence-electron chi connectivity index (χ0n) is 11.2. The van der Waals surface area contributed by atoms with Gasteiger partial charge >= 0.3 is 0 Å². The van der Waals surface area contributed by atoms with Crippen LogP contribution in [0.25, 0.3) is 0 Å². The average Bonchev–Trinajstić information content (AvgIpc) is 3.03. The number of nitrogens with zero attached hydrogens (tertiary/aromatic N) is 1. The smallest absolute Gasteiger partial charge is 0.225 e. The van der Waals surface area contributed by atoms with E-state index in [0.29, 0.717) is 30.2 Å². The molecule has 0 aromatic rings. The van der Waals surface area contributed by atoms with Crippen molar-refractivity contribution < 1.29 is 9.53 Å². The molecule has 0 spiro atoms. The second kappa shape index (κ2) is 5.17. The van der Waals surface area contributed by atoms with Crippen LogP contribution in [0.15, 0.2) is 0 Å². The fourth-order valence-corrected chi connectivity index (χ4v) is 3.95. The molecule has 4 unspecified atom stereocenters. The number of fused-ring (bicyclic) bond motifs is 1.